The van der Waals surface area contributed by atoms with Crippen molar-refractivity contribution in [2.24, 2.45) is 5.10 Å². The molecule has 0 unspecified atom stereocenters. The lowest BCUT2D eigenvalue weighted by Gasteiger charge is -2.10. The number of ether oxygens (including phenoxy) is 1. The molecule has 0 fully saturated rings. The minimum absolute atomic E-state index is 0.105. The summed E-state index contributed by atoms with van der Waals surface area (Å²) in [7, 11) is 0. The van der Waals surface area contributed by atoms with Crippen molar-refractivity contribution in [1.29, 1.82) is 0 Å². The molecule has 0 spiro atoms. The first kappa shape index (κ1) is 25.3. The molecule has 1 amide bonds. The fourth-order valence-corrected chi connectivity index (χ4v) is 4.27. The number of para-hydroxylation sites is 1. The highest BCUT2D eigenvalue weighted by Gasteiger charge is 2.17. The summed E-state index contributed by atoms with van der Waals surface area (Å²) >= 11 is 4.73. The first-order valence-electron chi connectivity index (χ1n) is 10.9. The van der Waals surface area contributed by atoms with Crippen molar-refractivity contribution in [3.8, 4) is 22.8 Å². The zero-order chi connectivity index (χ0) is 25.5. The van der Waals surface area contributed by atoms with Gasteiger partial charge < -0.3 is 4.74 Å². The standard InChI is InChI=1S/C26H22BrN5O3S/c1-17(19-10-14-23(15-11-19)35-18(2)33)28-29-24(34)16-36-26-31-30-25(20-8-12-21(27)13-9-20)32(26)22-6-4-3-5-7-22/h3-15H,16H2,1-2H3,(H,29,34)/b28-17-. The van der Waals surface area contributed by atoms with Crippen LogP contribution in [0.4, 0.5) is 0 Å². The maximum atomic E-state index is 12.5. The molecule has 0 saturated heterocycles. The Morgan fingerprint density at radius 2 is 1.67 bits per heavy atom. The highest BCUT2D eigenvalue weighted by atomic mass is 79.9. The molecule has 0 atom stereocenters. The number of carbonyl (C=O) groups is 2. The molecule has 0 bridgehead atoms. The Hall–Kier alpha value is -3.76. The van der Waals surface area contributed by atoms with Crippen LogP contribution in [0.3, 0.4) is 0 Å². The molecule has 0 radical (unpaired) electrons. The Labute approximate surface area is 220 Å². The fourth-order valence-electron chi connectivity index (χ4n) is 3.26. The number of benzene rings is 3. The van der Waals surface area contributed by atoms with Crippen LogP contribution in [0, 0.1) is 0 Å². The van der Waals surface area contributed by atoms with Crippen LogP contribution in [0.1, 0.15) is 19.4 Å². The smallest absolute Gasteiger partial charge is 0.308 e. The Morgan fingerprint density at radius 1 is 0.972 bits per heavy atom. The molecule has 4 rings (SSSR count). The SMILES string of the molecule is CC(=O)Oc1ccc(/C(C)=N\NC(=O)CSc2nnc(-c3ccc(Br)cc3)n2-c2ccccc2)cc1. The molecular formula is C26H22BrN5O3S. The fraction of sp³-hybridized carbons (Fsp3) is 0.115. The van der Waals surface area contributed by atoms with Gasteiger partial charge in [-0.05, 0) is 61.0 Å². The lowest BCUT2D eigenvalue weighted by atomic mass is 10.1. The maximum absolute atomic E-state index is 12.5. The van der Waals surface area contributed by atoms with Gasteiger partial charge in [0.05, 0.1) is 11.5 Å². The minimum atomic E-state index is -0.384. The van der Waals surface area contributed by atoms with Crippen LogP contribution >= 0.6 is 27.7 Å². The highest BCUT2D eigenvalue weighted by Crippen LogP contribution is 2.28. The van der Waals surface area contributed by atoms with Crippen molar-refractivity contribution < 1.29 is 14.3 Å². The second kappa shape index (κ2) is 11.8. The molecule has 182 valence electrons. The van der Waals surface area contributed by atoms with Crippen LogP contribution in [0.15, 0.2) is 93.6 Å². The third-order valence-electron chi connectivity index (χ3n) is 4.96. The van der Waals surface area contributed by atoms with Crippen molar-refractivity contribution in [2.45, 2.75) is 19.0 Å². The third kappa shape index (κ3) is 6.46. The second-order valence-electron chi connectivity index (χ2n) is 7.62. The van der Waals surface area contributed by atoms with E-state index in [9.17, 15) is 9.59 Å². The number of halogens is 1. The van der Waals surface area contributed by atoms with E-state index in [1.807, 2.05) is 59.2 Å². The van der Waals surface area contributed by atoms with Crippen LogP contribution < -0.4 is 10.2 Å². The zero-order valence-corrected chi connectivity index (χ0v) is 21.9. The molecule has 1 heterocycles. The van der Waals surface area contributed by atoms with Gasteiger partial charge in [0.25, 0.3) is 5.91 Å². The van der Waals surface area contributed by atoms with Gasteiger partial charge in [0, 0.05) is 22.6 Å². The summed E-state index contributed by atoms with van der Waals surface area (Å²) in [6.07, 6.45) is 0. The molecular weight excluding hydrogens is 542 g/mol. The van der Waals surface area contributed by atoms with E-state index in [0.717, 1.165) is 21.3 Å². The molecule has 10 heteroatoms. The number of hydrazone groups is 1. The van der Waals surface area contributed by atoms with E-state index in [4.69, 9.17) is 4.74 Å². The summed E-state index contributed by atoms with van der Waals surface area (Å²) in [6.45, 7) is 3.13. The van der Waals surface area contributed by atoms with E-state index < -0.39 is 0 Å². The molecule has 4 aromatic rings. The lowest BCUT2D eigenvalue weighted by molar-refractivity contribution is -0.131. The van der Waals surface area contributed by atoms with Crippen LogP contribution in [-0.4, -0.2) is 38.1 Å². The first-order chi connectivity index (χ1) is 17.4. The van der Waals surface area contributed by atoms with Crippen molar-refractivity contribution in [3.63, 3.8) is 0 Å². The van der Waals surface area contributed by atoms with Gasteiger partial charge in [-0.2, -0.15) is 5.10 Å². The average Bonchev–Trinajstić information content (AvgIpc) is 3.31. The van der Waals surface area contributed by atoms with Crippen LogP contribution in [0.2, 0.25) is 0 Å². The number of esters is 1. The number of carbonyl (C=O) groups excluding carboxylic acids is 2. The molecule has 1 aromatic heterocycles. The van der Waals surface area contributed by atoms with Gasteiger partial charge >= 0.3 is 5.97 Å². The summed E-state index contributed by atoms with van der Waals surface area (Å²) in [4.78, 5) is 23.6. The van der Waals surface area contributed by atoms with Gasteiger partial charge in [0.2, 0.25) is 0 Å². The number of hydrogen-bond donors (Lipinski definition) is 1. The number of amides is 1. The Bertz CT molecular complexity index is 1390. The molecule has 36 heavy (non-hydrogen) atoms. The van der Waals surface area contributed by atoms with E-state index in [-0.39, 0.29) is 17.6 Å². The summed E-state index contributed by atoms with van der Waals surface area (Å²) in [5.41, 5.74) is 5.80. The monoisotopic (exact) mass is 563 g/mol. The number of hydrogen-bond acceptors (Lipinski definition) is 7. The van der Waals surface area contributed by atoms with Gasteiger partial charge in [0.15, 0.2) is 11.0 Å². The number of nitrogens with zero attached hydrogens (tertiary/aromatic N) is 4. The average molecular weight is 564 g/mol. The van der Waals surface area contributed by atoms with Crippen molar-refractivity contribution in [2.75, 3.05) is 5.75 Å². The molecule has 0 aliphatic rings. The predicted octanol–water partition coefficient (Wildman–Crippen LogP) is 5.25. The van der Waals surface area contributed by atoms with Gasteiger partial charge in [0.1, 0.15) is 5.75 Å². The van der Waals surface area contributed by atoms with Crippen LogP contribution in [-0.2, 0) is 9.59 Å². The largest absolute Gasteiger partial charge is 0.427 e. The lowest BCUT2D eigenvalue weighted by Crippen LogP contribution is -2.21. The molecule has 0 aliphatic heterocycles. The zero-order valence-electron chi connectivity index (χ0n) is 19.5. The number of nitrogens with one attached hydrogen (secondary N) is 1. The number of thioether (sulfide) groups is 1. The van der Waals surface area contributed by atoms with Gasteiger partial charge in [-0.15, -0.1) is 10.2 Å². The van der Waals surface area contributed by atoms with Crippen molar-refractivity contribution in [3.05, 3.63) is 88.9 Å². The summed E-state index contributed by atoms with van der Waals surface area (Å²) in [6, 6.07) is 24.5. The normalized spacial score (nSPS) is 11.2. The van der Waals surface area contributed by atoms with Crippen LogP contribution in [0.25, 0.3) is 17.1 Å². The quantitative estimate of drug-likeness (QED) is 0.103. The van der Waals surface area contributed by atoms with Crippen molar-refractivity contribution in [1.82, 2.24) is 20.2 Å². The van der Waals surface area contributed by atoms with Gasteiger partial charge in [-0.1, -0.05) is 58.0 Å². The van der Waals surface area contributed by atoms with Gasteiger partial charge in [-0.25, -0.2) is 5.43 Å². The Balaban J connectivity index is 1.45. The van der Waals surface area contributed by atoms with E-state index in [0.29, 0.717) is 22.4 Å². The van der Waals surface area contributed by atoms with Gasteiger partial charge in [-0.3, -0.25) is 14.2 Å². The van der Waals surface area contributed by atoms with E-state index >= 15 is 0 Å². The molecule has 3 aromatic carbocycles. The van der Waals surface area contributed by atoms with E-state index in [1.54, 1.807) is 31.2 Å². The molecule has 8 nitrogen and oxygen atoms in total. The summed E-state index contributed by atoms with van der Waals surface area (Å²) in [5.74, 6) is 0.578. The first-order valence-corrected chi connectivity index (χ1v) is 12.7. The molecule has 0 aliphatic carbocycles. The maximum Gasteiger partial charge on any atom is 0.308 e. The predicted molar refractivity (Wildman–Crippen MR) is 143 cm³/mol. The molecule has 1 N–H and O–H groups in total. The Kier molecular flexibility index (Phi) is 8.29. The minimum Gasteiger partial charge on any atom is -0.427 e. The van der Waals surface area contributed by atoms with Crippen molar-refractivity contribution >= 4 is 45.3 Å². The van der Waals surface area contributed by atoms with Crippen LogP contribution in [0.5, 0.6) is 5.75 Å². The number of aromatic nitrogens is 3. The Morgan fingerprint density at radius 3 is 2.33 bits per heavy atom. The number of rotatable bonds is 8. The summed E-state index contributed by atoms with van der Waals surface area (Å²) < 4.78 is 7.93. The van der Waals surface area contributed by atoms with E-state index in [2.05, 4.69) is 36.7 Å². The third-order valence-corrected chi connectivity index (χ3v) is 6.42. The highest BCUT2D eigenvalue weighted by molar-refractivity contribution is 9.10. The molecule has 0 saturated carbocycles. The van der Waals surface area contributed by atoms with E-state index in [1.165, 1.54) is 18.7 Å². The summed E-state index contributed by atoms with van der Waals surface area (Å²) in [5, 5.41) is 13.5. The second-order valence-corrected chi connectivity index (χ2v) is 9.48. The topological polar surface area (TPSA) is 98.5 Å².